The number of hydrogen-bond acceptors (Lipinski definition) is 5. The zero-order valence-electron chi connectivity index (χ0n) is 10.3. The molecule has 0 aliphatic rings. The number of nitrogens with one attached hydrogen (secondary N) is 2. The summed E-state index contributed by atoms with van der Waals surface area (Å²) < 4.78 is 31.1. The fourth-order valence-electron chi connectivity index (χ4n) is 1.31. The standard InChI is InChI=1S/C10H16N4O4S/c1-18-9-6-7(2-3-8(9)11)19(16,17)14-5-4-13-10(12)15/h2-3,6,14H,4-5,11H2,1H3,(H3,12,13,15). The Bertz CT molecular complexity index is 559. The van der Waals surface area contributed by atoms with Gasteiger partial charge in [0.1, 0.15) is 5.75 Å². The lowest BCUT2D eigenvalue weighted by Gasteiger charge is -2.09. The third kappa shape index (κ3) is 4.30. The zero-order chi connectivity index (χ0) is 14.5. The summed E-state index contributed by atoms with van der Waals surface area (Å²) in [6, 6.07) is 3.41. The second-order valence-electron chi connectivity index (χ2n) is 3.59. The van der Waals surface area contributed by atoms with E-state index in [1.165, 1.54) is 25.3 Å². The lowest BCUT2D eigenvalue weighted by molar-refractivity contribution is 0.249. The minimum atomic E-state index is -3.69. The van der Waals surface area contributed by atoms with Crippen LogP contribution in [0, 0.1) is 0 Å². The van der Waals surface area contributed by atoms with Crippen LogP contribution in [-0.2, 0) is 10.0 Å². The van der Waals surface area contributed by atoms with E-state index >= 15 is 0 Å². The van der Waals surface area contributed by atoms with Crippen molar-refractivity contribution in [3.05, 3.63) is 18.2 Å². The van der Waals surface area contributed by atoms with E-state index in [0.717, 1.165) is 0 Å². The van der Waals surface area contributed by atoms with E-state index in [4.69, 9.17) is 16.2 Å². The number of anilines is 1. The quantitative estimate of drug-likeness (QED) is 0.402. The van der Waals surface area contributed by atoms with Gasteiger partial charge in [-0.1, -0.05) is 0 Å². The van der Waals surface area contributed by atoms with Gasteiger partial charge in [0.15, 0.2) is 0 Å². The number of benzene rings is 1. The smallest absolute Gasteiger partial charge is 0.312 e. The number of sulfonamides is 1. The molecule has 1 rings (SSSR count). The van der Waals surface area contributed by atoms with E-state index < -0.39 is 16.1 Å². The van der Waals surface area contributed by atoms with Gasteiger partial charge in [-0.3, -0.25) is 0 Å². The van der Waals surface area contributed by atoms with E-state index in [1.54, 1.807) is 0 Å². The molecule has 0 unspecified atom stereocenters. The van der Waals surface area contributed by atoms with E-state index in [-0.39, 0.29) is 23.7 Å². The topological polar surface area (TPSA) is 137 Å². The Balaban J connectivity index is 2.74. The fourth-order valence-corrected chi connectivity index (χ4v) is 2.36. The number of nitrogen functional groups attached to an aromatic ring is 1. The molecule has 1 aromatic carbocycles. The first-order chi connectivity index (χ1) is 8.86. The number of rotatable bonds is 6. The van der Waals surface area contributed by atoms with Crippen molar-refractivity contribution in [2.75, 3.05) is 25.9 Å². The number of carbonyl (C=O) groups excluding carboxylic acids is 1. The van der Waals surface area contributed by atoms with Crippen LogP contribution in [0.5, 0.6) is 5.75 Å². The first-order valence-electron chi connectivity index (χ1n) is 5.33. The second-order valence-corrected chi connectivity index (χ2v) is 5.36. The Kier molecular flexibility index (Phi) is 4.95. The second kappa shape index (κ2) is 6.25. The normalized spacial score (nSPS) is 11.0. The van der Waals surface area contributed by atoms with Crippen LogP contribution in [-0.4, -0.2) is 34.6 Å². The molecule has 0 fully saturated rings. The van der Waals surface area contributed by atoms with Gasteiger partial charge in [0, 0.05) is 19.2 Å². The molecule has 0 atom stereocenters. The minimum absolute atomic E-state index is 0.0256. The van der Waals surface area contributed by atoms with Gasteiger partial charge in [0.25, 0.3) is 0 Å². The first kappa shape index (κ1) is 15.1. The van der Waals surface area contributed by atoms with E-state index in [2.05, 4.69) is 10.0 Å². The molecule has 0 aromatic heterocycles. The summed E-state index contributed by atoms with van der Waals surface area (Å²) in [5.41, 5.74) is 10.8. The number of methoxy groups -OCH3 is 1. The highest BCUT2D eigenvalue weighted by Gasteiger charge is 2.15. The molecular weight excluding hydrogens is 272 g/mol. The Hall–Kier alpha value is -2.00. The minimum Gasteiger partial charge on any atom is -0.495 e. The molecule has 0 aliphatic carbocycles. The molecule has 9 heteroatoms. The van der Waals surface area contributed by atoms with Crippen LogP contribution in [0.2, 0.25) is 0 Å². The van der Waals surface area contributed by atoms with Gasteiger partial charge < -0.3 is 21.5 Å². The number of amides is 2. The molecule has 0 spiro atoms. The maximum atomic E-state index is 11.9. The van der Waals surface area contributed by atoms with Crippen molar-refractivity contribution >= 4 is 21.7 Å². The first-order valence-corrected chi connectivity index (χ1v) is 6.81. The van der Waals surface area contributed by atoms with Crippen molar-refractivity contribution in [2.45, 2.75) is 4.90 Å². The predicted octanol–water partition coefficient (Wildman–Crippen LogP) is -0.776. The Labute approximate surface area is 111 Å². The van der Waals surface area contributed by atoms with Crippen LogP contribution in [0.25, 0.3) is 0 Å². The van der Waals surface area contributed by atoms with Gasteiger partial charge >= 0.3 is 6.03 Å². The Morgan fingerprint density at radius 2 is 2.05 bits per heavy atom. The van der Waals surface area contributed by atoms with Crippen LogP contribution in [0.15, 0.2) is 23.1 Å². The van der Waals surface area contributed by atoms with Crippen LogP contribution in [0.4, 0.5) is 10.5 Å². The molecule has 106 valence electrons. The van der Waals surface area contributed by atoms with Crippen molar-refractivity contribution in [1.29, 1.82) is 0 Å². The molecule has 8 nitrogen and oxygen atoms in total. The molecule has 19 heavy (non-hydrogen) atoms. The average Bonchev–Trinajstić information content (AvgIpc) is 2.35. The number of primary amides is 1. The summed E-state index contributed by atoms with van der Waals surface area (Å²) in [6.07, 6.45) is 0. The van der Waals surface area contributed by atoms with E-state index in [1.807, 2.05) is 0 Å². The monoisotopic (exact) mass is 288 g/mol. The summed E-state index contributed by atoms with van der Waals surface area (Å²) in [4.78, 5) is 10.4. The number of hydrogen-bond donors (Lipinski definition) is 4. The van der Waals surface area contributed by atoms with Crippen molar-refractivity contribution in [2.24, 2.45) is 5.73 Å². The molecule has 0 saturated carbocycles. The predicted molar refractivity (Wildman–Crippen MR) is 70.2 cm³/mol. The van der Waals surface area contributed by atoms with Gasteiger partial charge in [0.05, 0.1) is 17.7 Å². The lowest BCUT2D eigenvalue weighted by atomic mass is 10.3. The van der Waals surface area contributed by atoms with Crippen LogP contribution in [0.1, 0.15) is 0 Å². The zero-order valence-corrected chi connectivity index (χ0v) is 11.2. The van der Waals surface area contributed by atoms with E-state index in [0.29, 0.717) is 5.69 Å². The van der Waals surface area contributed by atoms with Crippen LogP contribution in [0.3, 0.4) is 0 Å². The molecule has 2 amide bonds. The van der Waals surface area contributed by atoms with Crippen molar-refractivity contribution in [1.82, 2.24) is 10.0 Å². The van der Waals surface area contributed by atoms with Gasteiger partial charge in [0.2, 0.25) is 10.0 Å². The highest BCUT2D eigenvalue weighted by atomic mass is 32.2. The molecule has 0 heterocycles. The molecule has 6 N–H and O–H groups in total. The van der Waals surface area contributed by atoms with Crippen molar-refractivity contribution in [3.8, 4) is 5.75 Å². The Morgan fingerprint density at radius 1 is 1.37 bits per heavy atom. The summed E-state index contributed by atoms with van der Waals surface area (Å²) in [5, 5.41) is 2.27. The highest BCUT2D eigenvalue weighted by molar-refractivity contribution is 7.89. The molecule has 1 aromatic rings. The number of nitrogens with two attached hydrogens (primary N) is 2. The Morgan fingerprint density at radius 3 is 2.63 bits per heavy atom. The van der Waals surface area contributed by atoms with Crippen molar-refractivity contribution in [3.63, 3.8) is 0 Å². The van der Waals surface area contributed by atoms with Crippen LogP contribution < -0.4 is 26.2 Å². The molecular formula is C10H16N4O4S. The summed E-state index contributed by atoms with van der Waals surface area (Å²) >= 11 is 0. The largest absolute Gasteiger partial charge is 0.495 e. The number of urea groups is 1. The van der Waals surface area contributed by atoms with Gasteiger partial charge in [-0.15, -0.1) is 0 Å². The maximum Gasteiger partial charge on any atom is 0.312 e. The van der Waals surface area contributed by atoms with E-state index in [9.17, 15) is 13.2 Å². The third-order valence-corrected chi connectivity index (χ3v) is 3.69. The molecule has 0 aliphatic heterocycles. The summed E-state index contributed by atoms with van der Waals surface area (Å²) in [6.45, 7) is 0.124. The molecule has 0 radical (unpaired) electrons. The van der Waals surface area contributed by atoms with Gasteiger partial charge in [-0.2, -0.15) is 0 Å². The third-order valence-electron chi connectivity index (χ3n) is 2.23. The summed E-state index contributed by atoms with van der Waals surface area (Å²) in [7, 11) is -2.29. The van der Waals surface area contributed by atoms with Gasteiger partial charge in [-0.25, -0.2) is 17.9 Å². The lowest BCUT2D eigenvalue weighted by Crippen LogP contribution is -2.37. The SMILES string of the molecule is COc1cc(S(=O)(=O)NCCNC(N)=O)ccc1N. The highest BCUT2D eigenvalue weighted by Crippen LogP contribution is 2.24. The van der Waals surface area contributed by atoms with Crippen LogP contribution >= 0.6 is 0 Å². The van der Waals surface area contributed by atoms with Gasteiger partial charge in [-0.05, 0) is 12.1 Å². The summed E-state index contributed by atoms with van der Waals surface area (Å²) in [5.74, 6) is 0.276. The van der Waals surface area contributed by atoms with Crippen molar-refractivity contribution < 1.29 is 17.9 Å². The molecule has 0 saturated heterocycles. The maximum absolute atomic E-state index is 11.9. The number of ether oxygens (including phenoxy) is 1. The number of carbonyl (C=O) groups is 1. The molecule has 0 bridgehead atoms. The average molecular weight is 288 g/mol. The fraction of sp³-hybridized carbons (Fsp3) is 0.300.